The van der Waals surface area contributed by atoms with Crippen LogP contribution in [-0.4, -0.2) is 9.97 Å². The monoisotopic (exact) mass is 292 g/mol. The summed E-state index contributed by atoms with van der Waals surface area (Å²) in [6.45, 7) is 0.519. The van der Waals surface area contributed by atoms with Gasteiger partial charge in [0.2, 0.25) is 0 Å². The molecule has 4 rings (SSSR count). The van der Waals surface area contributed by atoms with Gasteiger partial charge in [0.15, 0.2) is 0 Å². The van der Waals surface area contributed by atoms with Gasteiger partial charge in [-0.2, -0.15) is 0 Å². The lowest BCUT2D eigenvalue weighted by molar-refractivity contribution is 0.311. The highest BCUT2D eigenvalue weighted by atomic mass is 32.1. The van der Waals surface area contributed by atoms with E-state index in [0.717, 1.165) is 26.9 Å². The minimum atomic E-state index is 0.519. The van der Waals surface area contributed by atoms with E-state index in [-0.39, 0.29) is 0 Å². The Bertz CT molecular complexity index is 911. The lowest BCUT2D eigenvalue weighted by Gasteiger charge is -2.08. The second-order valence-electron chi connectivity index (χ2n) is 4.76. The molecule has 0 aliphatic heterocycles. The van der Waals surface area contributed by atoms with E-state index < -0.39 is 0 Å². The number of fused-ring (bicyclic) bond motifs is 2. The topological polar surface area (TPSA) is 35.0 Å². The van der Waals surface area contributed by atoms with Gasteiger partial charge in [0.25, 0.3) is 0 Å². The molecule has 0 radical (unpaired) electrons. The van der Waals surface area contributed by atoms with Gasteiger partial charge in [-0.1, -0.05) is 36.4 Å². The highest BCUT2D eigenvalue weighted by Gasteiger charge is 2.07. The molecule has 0 spiro atoms. The molecule has 2 aromatic heterocycles. The maximum atomic E-state index is 6.02. The highest BCUT2D eigenvalue weighted by Crippen LogP contribution is 2.28. The fourth-order valence-electron chi connectivity index (χ4n) is 2.41. The Hall–Kier alpha value is -2.46. The predicted molar refractivity (Wildman–Crippen MR) is 85.7 cm³/mol. The van der Waals surface area contributed by atoms with Crippen LogP contribution in [0, 0.1) is 0 Å². The third-order valence-electron chi connectivity index (χ3n) is 3.44. The summed E-state index contributed by atoms with van der Waals surface area (Å²) in [7, 11) is 0. The van der Waals surface area contributed by atoms with Crippen molar-refractivity contribution in [1.29, 1.82) is 0 Å². The molecular formula is C17H12N2OS. The van der Waals surface area contributed by atoms with Gasteiger partial charge in [-0.3, -0.25) is 0 Å². The fraction of sp³-hybridized carbons (Fsp3) is 0.0588. The van der Waals surface area contributed by atoms with E-state index in [0.29, 0.717) is 6.61 Å². The first-order valence-electron chi connectivity index (χ1n) is 6.68. The van der Waals surface area contributed by atoms with Crippen LogP contribution < -0.4 is 4.74 Å². The lowest BCUT2D eigenvalue weighted by Crippen LogP contribution is -1.95. The highest BCUT2D eigenvalue weighted by molar-refractivity contribution is 7.17. The first-order chi connectivity index (χ1) is 10.4. The molecule has 0 bridgehead atoms. The average Bonchev–Trinajstić information content (AvgIpc) is 2.96. The molecule has 2 heterocycles. The van der Waals surface area contributed by atoms with Crippen LogP contribution in [0.5, 0.6) is 5.75 Å². The van der Waals surface area contributed by atoms with Crippen LogP contribution in [0.3, 0.4) is 0 Å². The van der Waals surface area contributed by atoms with Gasteiger partial charge in [-0.05, 0) is 11.5 Å². The number of aromatic nitrogens is 2. The maximum Gasteiger partial charge on any atom is 0.127 e. The Morgan fingerprint density at radius 3 is 2.95 bits per heavy atom. The van der Waals surface area contributed by atoms with Gasteiger partial charge in [-0.15, -0.1) is 11.3 Å². The van der Waals surface area contributed by atoms with Crippen LogP contribution in [-0.2, 0) is 6.61 Å². The van der Waals surface area contributed by atoms with E-state index >= 15 is 0 Å². The van der Waals surface area contributed by atoms with Crippen molar-refractivity contribution in [3.63, 3.8) is 0 Å². The number of benzene rings is 2. The van der Waals surface area contributed by atoms with Crippen molar-refractivity contribution in [3.8, 4) is 5.75 Å². The predicted octanol–water partition coefficient (Wildman–Crippen LogP) is 4.42. The Morgan fingerprint density at radius 2 is 1.95 bits per heavy atom. The van der Waals surface area contributed by atoms with Crippen molar-refractivity contribution in [3.05, 3.63) is 65.9 Å². The zero-order valence-corrected chi connectivity index (χ0v) is 12.0. The zero-order valence-electron chi connectivity index (χ0n) is 11.2. The zero-order chi connectivity index (χ0) is 14.1. The number of rotatable bonds is 3. The van der Waals surface area contributed by atoms with Crippen LogP contribution >= 0.6 is 11.3 Å². The molecule has 3 nitrogen and oxygen atoms in total. The Balaban J connectivity index is 1.67. The summed E-state index contributed by atoms with van der Waals surface area (Å²) in [4.78, 5) is 8.38. The van der Waals surface area contributed by atoms with Crippen molar-refractivity contribution >= 4 is 32.3 Å². The molecule has 2 aromatic carbocycles. The normalized spacial score (nSPS) is 11.0. The number of hydrogen-bond acceptors (Lipinski definition) is 4. The van der Waals surface area contributed by atoms with Gasteiger partial charge >= 0.3 is 0 Å². The van der Waals surface area contributed by atoms with Crippen LogP contribution in [0.25, 0.3) is 21.0 Å². The fourth-order valence-corrected chi connectivity index (χ4v) is 3.28. The van der Waals surface area contributed by atoms with Crippen molar-refractivity contribution < 1.29 is 4.74 Å². The summed E-state index contributed by atoms with van der Waals surface area (Å²) in [5.41, 5.74) is 2.08. The summed E-state index contributed by atoms with van der Waals surface area (Å²) >= 11 is 1.65. The van der Waals surface area contributed by atoms with E-state index in [9.17, 15) is 0 Å². The molecule has 102 valence electrons. The standard InChI is InChI=1S/C17H12N2OS/c1-2-6-14-12(4-1)5-3-7-15(14)20-9-13-10-21-16-8-18-11-19-17(13)16/h1-8,10-11H,9H2. The van der Waals surface area contributed by atoms with E-state index in [1.54, 1.807) is 17.7 Å². The van der Waals surface area contributed by atoms with Crippen LogP contribution in [0.15, 0.2) is 60.4 Å². The lowest BCUT2D eigenvalue weighted by atomic mass is 10.1. The minimum Gasteiger partial charge on any atom is -0.488 e. The smallest absolute Gasteiger partial charge is 0.127 e. The Morgan fingerprint density at radius 1 is 1.05 bits per heavy atom. The maximum absolute atomic E-state index is 6.02. The van der Waals surface area contributed by atoms with Gasteiger partial charge in [0.1, 0.15) is 18.7 Å². The first-order valence-corrected chi connectivity index (χ1v) is 7.56. The van der Waals surface area contributed by atoms with Crippen molar-refractivity contribution in [1.82, 2.24) is 9.97 Å². The summed E-state index contributed by atoms with van der Waals surface area (Å²) in [6, 6.07) is 14.4. The molecule has 0 atom stereocenters. The van der Waals surface area contributed by atoms with Crippen molar-refractivity contribution in [2.75, 3.05) is 0 Å². The molecule has 21 heavy (non-hydrogen) atoms. The summed E-state index contributed by atoms with van der Waals surface area (Å²) in [5, 5.41) is 4.41. The molecule has 0 aliphatic rings. The third kappa shape index (κ3) is 2.23. The van der Waals surface area contributed by atoms with Gasteiger partial charge in [-0.25, -0.2) is 9.97 Å². The van der Waals surface area contributed by atoms with Gasteiger partial charge in [0, 0.05) is 22.5 Å². The second-order valence-corrected chi connectivity index (χ2v) is 5.67. The number of thiophene rings is 1. The second kappa shape index (κ2) is 5.14. The summed E-state index contributed by atoms with van der Waals surface area (Å²) in [6.07, 6.45) is 3.42. The first kappa shape index (κ1) is 12.3. The van der Waals surface area contributed by atoms with Crippen LogP contribution in [0.2, 0.25) is 0 Å². The van der Waals surface area contributed by atoms with Gasteiger partial charge in [0.05, 0.1) is 10.2 Å². The molecule has 0 amide bonds. The quantitative estimate of drug-likeness (QED) is 0.560. The Kier molecular flexibility index (Phi) is 3.01. The van der Waals surface area contributed by atoms with E-state index in [1.807, 2.05) is 30.5 Å². The SMILES string of the molecule is c1ccc2c(OCc3csc4cncnc34)cccc2c1. The summed E-state index contributed by atoms with van der Waals surface area (Å²) in [5.74, 6) is 0.904. The van der Waals surface area contributed by atoms with Gasteiger partial charge < -0.3 is 4.74 Å². The molecule has 4 aromatic rings. The number of nitrogens with zero attached hydrogens (tertiary/aromatic N) is 2. The summed E-state index contributed by atoms with van der Waals surface area (Å²) < 4.78 is 7.11. The number of ether oxygens (including phenoxy) is 1. The molecule has 0 aliphatic carbocycles. The molecule has 4 heteroatoms. The minimum absolute atomic E-state index is 0.519. The van der Waals surface area contributed by atoms with Crippen LogP contribution in [0.1, 0.15) is 5.56 Å². The van der Waals surface area contributed by atoms with Crippen molar-refractivity contribution in [2.24, 2.45) is 0 Å². The average molecular weight is 292 g/mol. The Labute approximate surface area is 125 Å². The molecule has 0 saturated carbocycles. The third-order valence-corrected chi connectivity index (χ3v) is 4.40. The van der Waals surface area contributed by atoms with E-state index in [4.69, 9.17) is 4.74 Å². The number of hydrogen-bond donors (Lipinski definition) is 0. The van der Waals surface area contributed by atoms with Crippen molar-refractivity contribution in [2.45, 2.75) is 6.61 Å². The molecule has 0 saturated heterocycles. The van der Waals surface area contributed by atoms with E-state index in [2.05, 4.69) is 33.5 Å². The molecule has 0 unspecified atom stereocenters. The van der Waals surface area contributed by atoms with Crippen LogP contribution in [0.4, 0.5) is 0 Å². The molecule has 0 N–H and O–H groups in total. The largest absolute Gasteiger partial charge is 0.488 e. The van der Waals surface area contributed by atoms with E-state index in [1.165, 1.54) is 5.39 Å². The molecule has 0 fully saturated rings. The molecular weight excluding hydrogens is 280 g/mol.